The quantitative estimate of drug-likeness (QED) is 0.780. The summed E-state index contributed by atoms with van der Waals surface area (Å²) in [4.78, 5) is 18.7. The van der Waals surface area contributed by atoms with Crippen molar-refractivity contribution >= 4 is 16.9 Å². The summed E-state index contributed by atoms with van der Waals surface area (Å²) >= 11 is 0. The number of carbonyl (C=O) groups excluding carboxylic acids is 1. The smallest absolute Gasteiger partial charge is 0.353 e. The lowest BCUT2D eigenvalue weighted by molar-refractivity contribution is -0.137. The lowest BCUT2D eigenvalue weighted by Crippen LogP contribution is -2.53. The van der Waals surface area contributed by atoms with Gasteiger partial charge in [0.2, 0.25) is 5.91 Å². The zero-order chi connectivity index (χ0) is 15.0. The number of nitrogens with zero attached hydrogens (tertiary/aromatic N) is 1. The van der Waals surface area contributed by atoms with Crippen LogP contribution in [0.5, 0.6) is 0 Å². The maximum Gasteiger partial charge on any atom is 0.416 e. The number of halogens is 3. The van der Waals surface area contributed by atoms with Crippen LogP contribution >= 0.6 is 0 Å². The molecule has 1 aliphatic rings. The molecule has 1 unspecified atom stereocenters. The standard InChI is InChI=1S/C13H13F3N4O/c14-13(15,16)7-1-2-8-9(5-7)20-11(19-8)6-10-12(21)18-4-3-17-10/h1-2,5,10,17H,3-4,6H2,(H,18,21)(H,19,20). The minimum Gasteiger partial charge on any atom is -0.353 e. The number of imidazole rings is 1. The number of nitrogens with one attached hydrogen (secondary N) is 3. The fourth-order valence-electron chi connectivity index (χ4n) is 2.34. The van der Waals surface area contributed by atoms with E-state index in [0.29, 0.717) is 36.4 Å². The molecular weight excluding hydrogens is 285 g/mol. The van der Waals surface area contributed by atoms with Crippen LogP contribution in [0.4, 0.5) is 13.2 Å². The fraction of sp³-hybridized carbons (Fsp3) is 0.385. The molecule has 2 heterocycles. The Labute approximate surface area is 117 Å². The van der Waals surface area contributed by atoms with E-state index >= 15 is 0 Å². The van der Waals surface area contributed by atoms with Gasteiger partial charge in [-0.15, -0.1) is 0 Å². The molecule has 3 N–H and O–H groups in total. The number of carbonyl (C=O) groups is 1. The van der Waals surface area contributed by atoms with Crippen LogP contribution in [-0.2, 0) is 17.4 Å². The molecule has 112 valence electrons. The number of hydrogen-bond donors (Lipinski definition) is 3. The van der Waals surface area contributed by atoms with Crippen molar-refractivity contribution in [3.05, 3.63) is 29.6 Å². The molecule has 0 saturated carbocycles. The van der Waals surface area contributed by atoms with Gasteiger partial charge in [0.1, 0.15) is 5.82 Å². The number of piperazine rings is 1. The van der Waals surface area contributed by atoms with Gasteiger partial charge in [-0.2, -0.15) is 13.2 Å². The minimum atomic E-state index is -4.38. The summed E-state index contributed by atoms with van der Waals surface area (Å²) in [6.07, 6.45) is -4.08. The van der Waals surface area contributed by atoms with Gasteiger partial charge in [-0.25, -0.2) is 4.98 Å². The highest BCUT2D eigenvalue weighted by Gasteiger charge is 2.31. The Morgan fingerprint density at radius 2 is 2.10 bits per heavy atom. The number of fused-ring (bicyclic) bond motifs is 1. The van der Waals surface area contributed by atoms with Crippen molar-refractivity contribution in [1.82, 2.24) is 20.6 Å². The van der Waals surface area contributed by atoms with Gasteiger partial charge >= 0.3 is 6.18 Å². The van der Waals surface area contributed by atoms with E-state index in [4.69, 9.17) is 0 Å². The molecular formula is C13H13F3N4O. The first-order valence-electron chi connectivity index (χ1n) is 6.50. The van der Waals surface area contributed by atoms with Crippen molar-refractivity contribution in [1.29, 1.82) is 0 Å². The second kappa shape index (κ2) is 5.03. The first-order valence-corrected chi connectivity index (χ1v) is 6.50. The molecule has 0 radical (unpaired) electrons. The Morgan fingerprint density at radius 1 is 1.29 bits per heavy atom. The lowest BCUT2D eigenvalue weighted by Gasteiger charge is -2.22. The van der Waals surface area contributed by atoms with E-state index in [1.54, 1.807) is 0 Å². The minimum absolute atomic E-state index is 0.127. The molecule has 1 amide bonds. The fourth-order valence-corrected chi connectivity index (χ4v) is 2.34. The molecule has 1 aromatic carbocycles. The maximum atomic E-state index is 12.6. The molecule has 1 aliphatic heterocycles. The number of aromatic nitrogens is 2. The number of hydrogen-bond acceptors (Lipinski definition) is 3. The molecule has 0 spiro atoms. The molecule has 1 fully saturated rings. The second-order valence-electron chi connectivity index (χ2n) is 4.92. The Kier molecular flexibility index (Phi) is 3.32. The first-order chi connectivity index (χ1) is 9.93. The lowest BCUT2D eigenvalue weighted by atomic mass is 10.1. The van der Waals surface area contributed by atoms with Crippen molar-refractivity contribution in [2.75, 3.05) is 13.1 Å². The zero-order valence-corrected chi connectivity index (χ0v) is 10.9. The summed E-state index contributed by atoms with van der Waals surface area (Å²) in [6.45, 7) is 1.24. The van der Waals surface area contributed by atoms with Gasteiger partial charge in [-0.05, 0) is 18.2 Å². The number of H-pyrrole nitrogens is 1. The van der Waals surface area contributed by atoms with E-state index in [0.717, 1.165) is 12.1 Å². The van der Waals surface area contributed by atoms with E-state index < -0.39 is 17.8 Å². The third-order valence-electron chi connectivity index (χ3n) is 3.39. The molecule has 2 aromatic rings. The predicted octanol–water partition coefficient (Wildman–Crippen LogP) is 1.21. The zero-order valence-electron chi connectivity index (χ0n) is 10.9. The number of amides is 1. The van der Waals surface area contributed by atoms with Crippen molar-refractivity contribution < 1.29 is 18.0 Å². The molecule has 5 nitrogen and oxygen atoms in total. The third-order valence-corrected chi connectivity index (χ3v) is 3.39. The SMILES string of the molecule is O=C1NCCNC1Cc1nc2ccc(C(F)(F)F)cc2[nH]1. The number of alkyl halides is 3. The Bertz CT molecular complexity index is 680. The van der Waals surface area contributed by atoms with Gasteiger partial charge in [0.15, 0.2) is 0 Å². The van der Waals surface area contributed by atoms with E-state index in [-0.39, 0.29) is 5.91 Å². The summed E-state index contributed by atoms with van der Waals surface area (Å²) in [5.74, 6) is 0.358. The number of benzene rings is 1. The predicted molar refractivity (Wildman–Crippen MR) is 69.6 cm³/mol. The average Bonchev–Trinajstić information content (AvgIpc) is 2.81. The molecule has 1 saturated heterocycles. The van der Waals surface area contributed by atoms with Crippen LogP contribution in [0.2, 0.25) is 0 Å². The van der Waals surface area contributed by atoms with Crippen LogP contribution in [0.25, 0.3) is 11.0 Å². The van der Waals surface area contributed by atoms with Gasteiger partial charge in [0.25, 0.3) is 0 Å². The Balaban J connectivity index is 1.85. The van der Waals surface area contributed by atoms with Crippen LogP contribution < -0.4 is 10.6 Å². The van der Waals surface area contributed by atoms with Crippen LogP contribution in [0.15, 0.2) is 18.2 Å². The van der Waals surface area contributed by atoms with Gasteiger partial charge in [0, 0.05) is 19.5 Å². The number of rotatable bonds is 2. The summed E-state index contributed by atoms with van der Waals surface area (Å²) in [5, 5.41) is 5.77. The average molecular weight is 298 g/mol. The van der Waals surface area contributed by atoms with E-state index in [1.165, 1.54) is 6.07 Å². The topological polar surface area (TPSA) is 69.8 Å². The van der Waals surface area contributed by atoms with Gasteiger partial charge < -0.3 is 15.6 Å². The highest BCUT2D eigenvalue weighted by Crippen LogP contribution is 2.30. The van der Waals surface area contributed by atoms with Crippen molar-refractivity contribution in [2.45, 2.75) is 18.6 Å². The van der Waals surface area contributed by atoms with E-state index in [2.05, 4.69) is 20.6 Å². The summed E-state index contributed by atoms with van der Waals surface area (Å²) < 4.78 is 37.9. The Morgan fingerprint density at radius 3 is 2.81 bits per heavy atom. The van der Waals surface area contributed by atoms with Gasteiger partial charge in [-0.1, -0.05) is 0 Å². The van der Waals surface area contributed by atoms with Crippen LogP contribution in [-0.4, -0.2) is 35.0 Å². The molecule has 1 atom stereocenters. The van der Waals surface area contributed by atoms with Crippen molar-refractivity contribution in [2.24, 2.45) is 0 Å². The molecule has 0 aliphatic carbocycles. The molecule has 8 heteroatoms. The highest BCUT2D eigenvalue weighted by atomic mass is 19.4. The van der Waals surface area contributed by atoms with Crippen LogP contribution in [0.1, 0.15) is 11.4 Å². The van der Waals surface area contributed by atoms with E-state index in [1.807, 2.05) is 0 Å². The first kappa shape index (κ1) is 13.9. The van der Waals surface area contributed by atoms with E-state index in [9.17, 15) is 18.0 Å². The molecule has 1 aromatic heterocycles. The summed E-state index contributed by atoms with van der Waals surface area (Å²) in [5.41, 5.74) is 0.0454. The maximum absolute atomic E-state index is 12.6. The Hall–Kier alpha value is -2.09. The summed E-state index contributed by atoms with van der Waals surface area (Å²) in [6, 6.07) is 2.94. The molecule has 21 heavy (non-hydrogen) atoms. The largest absolute Gasteiger partial charge is 0.416 e. The van der Waals surface area contributed by atoms with Crippen LogP contribution in [0, 0.1) is 0 Å². The summed E-state index contributed by atoms with van der Waals surface area (Å²) in [7, 11) is 0. The monoisotopic (exact) mass is 298 g/mol. The van der Waals surface area contributed by atoms with Crippen molar-refractivity contribution in [3.63, 3.8) is 0 Å². The van der Waals surface area contributed by atoms with Crippen LogP contribution in [0.3, 0.4) is 0 Å². The van der Waals surface area contributed by atoms with Gasteiger partial charge in [0.05, 0.1) is 22.6 Å². The molecule has 0 bridgehead atoms. The highest BCUT2D eigenvalue weighted by molar-refractivity contribution is 5.83. The number of aromatic amines is 1. The van der Waals surface area contributed by atoms with Crippen molar-refractivity contribution in [3.8, 4) is 0 Å². The third kappa shape index (κ3) is 2.85. The van der Waals surface area contributed by atoms with Gasteiger partial charge in [-0.3, -0.25) is 4.79 Å². The normalized spacial score (nSPS) is 19.8. The second-order valence-corrected chi connectivity index (χ2v) is 4.92. The molecule has 3 rings (SSSR count).